The topological polar surface area (TPSA) is 73.3 Å². The molecule has 2 rings (SSSR count). The number of halogens is 1. The number of hydrogen-bond acceptors (Lipinski definition) is 7. The van der Waals surface area contributed by atoms with E-state index in [2.05, 4.69) is 36.7 Å². The van der Waals surface area contributed by atoms with Crippen LogP contribution in [-0.2, 0) is 19.7 Å². The molecule has 0 radical (unpaired) electrons. The van der Waals surface area contributed by atoms with Crippen molar-refractivity contribution in [3.05, 3.63) is 64.9 Å². The van der Waals surface area contributed by atoms with Gasteiger partial charge in [0.25, 0.3) is 0 Å². The molecule has 0 spiro atoms. The lowest BCUT2D eigenvalue weighted by atomic mass is 10.1. The first-order valence-corrected chi connectivity index (χ1v) is 8.88. The van der Waals surface area contributed by atoms with Crippen molar-refractivity contribution in [2.45, 2.75) is 13.0 Å². The molecule has 0 saturated heterocycles. The molecule has 1 heterocycles. The highest BCUT2D eigenvalue weighted by Gasteiger charge is 2.15. The Kier molecular flexibility index (Phi) is 12.8. The Labute approximate surface area is 170 Å². The van der Waals surface area contributed by atoms with Crippen LogP contribution in [0.1, 0.15) is 24.3 Å². The van der Waals surface area contributed by atoms with E-state index >= 15 is 0 Å². The minimum absolute atomic E-state index is 0.0804. The van der Waals surface area contributed by atoms with Crippen LogP contribution in [0, 0.1) is 11.8 Å². The number of rotatable bonds is 9. The van der Waals surface area contributed by atoms with Gasteiger partial charge in [0.2, 0.25) is 0 Å². The number of benzene rings is 1. The third-order valence-corrected chi connectivity index (χ3v) is 3.59. The van der Waals surface area contributed by atoms with Crippen LogP contribution in [0.4, 0.5) is 0 Å². The largest absolute Gasteiger partial charge is 0.366 e. The van der Waals surface area contributed by atoms with Gasteiger partial charge in [0.05, 0.1) is 12.3 Å². The molecule has 0 fully saturated rings. The summed E-state index contributed by atoms with van der Waals surface area (Å²) in [5.41, 5.74) is 1.97. The number of ether oxygens (including phenoxy) is 1. The molecule has 0 aliphatic rings. The zero-order chi connectivity index (χ0) is 20.6. The summed E-state index contributed by atoms with van der Waals surface area (Å²) >= 11 is 5.95. The van der Waals surface area contributed by atoms with Crippen LogP contribution in [0.15, 0.2) is 48.7 Å². The molecular weight excluding hydrogens is 384 g/mol. The minimum atomic E-state index is -0.159. The second kappa shape index (κ2) is 15.0. The highest BCUT2D eigenvalue weighted by molar-refractivity contribution is 6.30. The predicted octanol–water partition coefficient (Wildman–Crippen LogP) is 3.77. The first kappa shape index (κ1) is 24.0. The van der Waals surface area contributed by atoms with E-state index in [4.69, 9.17) is 21.6 Å². The summed E-state index contributed by atoms with van der Waals surface area (Å²) in [6, 6.07) is 13.6. The van der Waals surface area contributed by atoms with Crippen molar-refractivity contribution >= 4 is 11.6 Å². The molecule has 1 atom stereocenters. The van der Waals surface area contributed by atoms with E-state index in [1.807, 2.05) is 56.6 Å². The van der Waals surface area contributed by atoms with Crippen LogP contribution in [0.25, 0.3) is 0 Å². The van der Waals surface area contributed by atoms with E-state index in [9.17, 15) is 0 Å². The summed E-state index contributed by atoms with van der Waals surface area (Å²) in [4.78, 5) is 10.6. The van der Waals surface area contributed by atoms with Gasteiger partial charge in [0, 0.05) is 17.8 Å². The van der Waals surface area contributed by atoms with E-state index < -0.39 is 0 Å². The van der Waals surface area contributed by atoms with E-state index in [1.54, 1.807) is 13.1 Å². The van der Waals surface area contributed by atoms with Crippen molar-refractivity contribution in [2.24, 2.45) is 0 Å². The van der Waals surface area contributed by atoms with Gasteiger partial charge in [-0.3, -0.25) is 4.98 Å². The SMILES string of the molecule is CC#CCOOOO.CN(C)CCOC(c1ccc(Cl)cc1)c1ccccn1. The maximum Gasteiger partial charge on any atom is 0.146 e. The number of likely N-dealkylation sites (N-methyl/N-ethyl adjacent to an activating group) is 1. The van der Waals surface area contributed by atoms with Crippen LogP contribution in [0.5, 0.6) is 0 Å². The zero-order valence-corrected chi connectivity index (χ0v) is 16.9. The lowest BCUT2D eigenvalue weighted by molar-refractivity contribution is -0.620. The smallest absolute Gasteiger partial charge is 0.146 e. The van der Waals surface area contributed by atoms with Crippen molar-refractivity contribution in [1.82, 2.24) is 9.88 Å². The van der Waals surface area contributed by atoms with Gasteiger partial charge < -0.3 is 9.64 Å². The molecule has 0 aliphatic heterocycles. The number of hydrogen-bond donors (Lipinski definition) is 1. The van der Waals surface area contributed by atoms with Gasteiger partial charge in [-0.05, 0) is 60.9 Å². The van der Waals surface area contributed by atoms with Gasteiger partial charge in [-0.15, -0.1) is 5.92 Å². The summed E-state index contributed by atoms with van der Waals surface area (Å²) < 4.78 is 6.02. The maximum atomic E-state index is 7.47. The van der Waals surface area contributed by atoms with E-state index in [0.717, 1.165) is 22.8 Å². The summed E-state index contributed by atoms with van der Waals surface area (Å²) in [6.45, 7) is 3.26. The molecule has 1 unspecified atom stereocenters. The van der Waals surface area contributed by atoms with E-state index in [0.29, 0.717) is 6.61 Å². The van der Waals surface area contributed by atoms with Gasteiger partial charge in [-0.2, -0.15) is 4.89 Å². The van der Waals surface area contributed by atoms with E-state index in [-0.39, 0.29) is 12.7 Å². The fourth-order valence-corrected chi connectivity index (χ4v) is 2.15. The molecule has 0 bridgehead atoms. The average molecular weight is 409 g/mol. The second-order valence-corrected chi connectivity index (χ2v) is 6.13. The summed E-state index contributed by atoms with van der Waals surface area (Å²) in [5, 5.41) is 14.9. The molecule has 0 aliphatic carbocycles. The highest BCUT2D eigenvalue weighted by atomic mass is 35.5. The number of aromatic nitrogens is 1. The predicted molar refractivity (Wildman–Crippen MR) is 106 cm³/mol. The molecule has 2 aromatic rings. The Bertz CT molecular complexity index is 702. The third kappa shape index (κ3) is 10.3. The number of nitrogens with zero attached hydrogens (tertiary/aromatic N) is 2. The lowest BCUT2D eigenvalue weighted by Gasteiger charge is -2.19. The zero-order valence-electron chi connectivity index (χ0n) is 16.2. The Balaban J connectivity index is 0.000000416. The Morgan fingerprint density at radius 2 is 1.93 bits per heavy atom. The molecule has 7 nitrogen and oxygen atoms in total. The average Bonchev–Trinajstić information content (AvgIpc) is 2.71. The normalized spacial score (nSPS) is 11.2. The summed E-state index contributed by atoms with van der Waals surface area (Å²) in [7, 11) is 4.06. The summed E-state index contributed by atoms with van der Waals surface area (Å²) in [5.74, 6) is 5.03. The molecular formula is C20H25ClN2O5. The van der Waals surface area contributed by atoms with Crippen LogP contribution < -0.4 is 0 Å². The van der Waals surface area contributed by atoms with Gasteiger partial charge in [0.15, 0.2) is 0 Å². The minimum Gasteiger partial charge on any atom is -0.366 e. The van der Waals surface area contributed by atoms with Gasteiger partial charge >= 0.3 is 0 Å². The van der Waals surface area contributed by atoms with Gasteiger partial charge in [-0.25, -0.2) is 5.26 Å². The van der Waals surface area contributed by atoms with Crippen LogP contribution >= 0.6 is 11.6 Å². The molecule has 152 valence electrons. The first-order chi connectivity index (χ1) is 13.6. The molecule has 0 amide bonds. The van der Waals surface area contributed by atoms with Crippen LogP contribution in [0.2, 0.25) is 5.02 Å². The number of pyridine rings is 1. The van der Waals surface area contributed by atoms with Crippen molar-refractivity contribution in [3.8, 4) is 11.8 Å². The highest BCUT2D eigenvalue weighted by Crippen LogP contribution is 2.25. The Morgan fingerprint density at radius 1 is 1.18 bits per heavy atom. The monoisotopic (exact) mass is 408 g/mol. The summed E-state index contributed by atoms with van der Waals surface area (Å²) in [6.07, 6.45) is 1.63. The molecule has 1 N–H and O–H groups in total. The lowest BCUT2D eigenvalue weighted by Crippen LogP contribution is -2.20. The van der Waals surface area contributed by atoms with Crippen molar-refractivity contribution in [2.75, 3.05) is 33.9 Å². The second-order valence-electron chi connectivity index (χ2n) is 5.69. The quantitative estimate of drug-likeness (QED) is 0.293. The molecule has 8 heteroatoms. The molecule has 1 aromatic heterocycles. The standard InChI is InChI=1S/C16H19ClN2O.C4H6O4/c1-19(2)11-12-20-16(15-5-3-4-10-18-15)13-6-8-14(17)9-7-13;1-2-3-4-6-8-7-5/h3-10,16H,11-12H2,1-2H3;5H,4H2,1H3. The molecule has 0 saturated carbocycles. The van der Waals surface area contributed by atoms with Crippen molar-refractivity contribution < 1.29 is 25.0 Å². The maximum absolute atomic E-state index is 7.47. The van der Waals surface area contributed by atoms with E-state index in [1.165, 1.54) is 0 Å². The van der Waals surface area contributed by atoms with Crippen molar-refractivity contribution in [1.29, 1.82) is 0 Å². The fourth-order valence-electron chi connectivity index (χ4n) is 2.02. The van der Waals surface area contributed by atoms with Gasteiger partial charge in [0.1, 0.15) is 12.7 Å². The third-order valence-electron chi connectivity index (χ3n) is 3.34. The van der Waals surface area contributed by atoms with Gasteiger partial charge in [-0.1, -0.05) is 35.7 Å². The molecule has 1 aromatic carbocycles. The van der Waals surface area contributed by atoms with Crippen LogP contribution in [0.3, 0.4) is 0 Å². The van der Waals surface area contributed by atoms with Crippen LogP contribution in [-0.4, -0.2) is 49.0 Å². The van der Waals surface area contributed by atoms with Crippen molar-refractivity contribution in [3.63, 3.8) is 0 Å². The Hall–Kier alpha value is -2.02. The first-order valence-electron chi connectivity index (χ1n) is 8.50. The Morgan fingerprint density at radius 3 is 2.50 bits per heavy atom. The molecule has 28 heavy (non-hydrogen) atoms. The fraction of sp³-hybridized carbons (Fsp3) is 0.350.